The van der Waals surface area contributed by atoms with Crippen LogP contribution in [-0.4, -0.2) is 48.1 Å². The number of amides is 1. The highest BCUT2D eigenvalue weighted by Crippen LogP contribution is 2.22. The van der Waals surface area contributed by atoms with E-state index < -0.39 is 10.0 Å². The van der Waals surface area contributed by atoms with Crippen LogP contribution in [0.3, 0.4) is 0 Å². The summed E-state index contributed by atoms with van der Waals surface area (Å²) in [6, 6.07) is 13.4. The van der Waals surface area contributed by atoms with Crippen LogP contribution >= 0.6 is 0 Å². The highest BCUT2D eigenvalue weighted by atomic mass is 32.2. The first kappa shape index (κ1) is 19.7. The zero-order valence-electron chi connectivity index (χ0n) is 15.8. The SMILES string of the molecule is CNS(=O)(=O)c1ccc(C(=O)N(C)C(C)c2ccc(-n3cncn3)cc2)cc1. The number of hydrogen-bond donors (Lipinski definition) is 1. The fourth-order valence-corrected chi connectivity index (χ4v) is 3.47. The second-order valence-corrected chi connectivity index (χ2v) is 8.14. The van der Waals surface area contributed by atoms with Gasteiger partial charge in [-0.2, -0.15) is 5.10 Å². The summed E-state index contributed by atoms with van der Waals surface area (Å²) in [6.45, 7) is 1.93. The van der Waals surface area contributed by atoms with E-state index in [0.29, 0.717) is 5.56 Å². The van der Waals surface area contributed by atoms with Crippen LogP contribution in [0, 0.1) is 0 Å². The van der Waals surface area contributed by atoms with E-state index in [9.17, 15) is 13.2 Å². The lowest BCUT2D eigenvalue weighted by molar-refractivity contribution is 0.0742. The second kappa shape index (κ2) is 7.91. The summed E-state index contributed by atoms with van der Waals surface area (Å²) in [5, 5.41) is 4.09. The molecule has 3 rings (SSSR count). The first-order valence-electron chi connectivity index (χ1n) is 8.59. The maximum atomic E-state index is 12.8. The average Bonchev–Trinajstić information content (AvgIpc) is 3.27. The van der Waals surface area contributed by atoms with Crippen molar-refractivity contribution in [3.05, 3.63) is 72.3 Å². The molecule has 0 bridgehead atoms. The number of hydrogen-bond acceptors (Lipinski definition) is 5. The van der Waals surface area contributed by atoms with E-state index in [1.807, 2.05) is 31.2 Å². The summed E-state index contributed by atoms with van der Waals surface area (Å²) in [7, 11) is -0.465. The van der Waals surface area contributed by atoms with Gasteiger partial charge in [-0.1, -0.05) is 12.1 Å². The van der Waals surface area contributed by atoms with Crippen LogP contribution in [0.25, 0.3) is 5.69 Å². The van der Waals surface area contributed by atoms with Crippen LogP contribution in [0.15, 0.2) is 66.1 Å². The van der Waals surface area contributed by atoms with Crippen molar-refractivity contribution in [2.24, 2.45) is 0 Å². The Morgan fingerprint density at radius 2 is 1.75 bits per heavy atom. The highest BCUT2D eigenvalue weighted by molar-refractivity contribution is 7.89. The van der Waals surface area contributed by atoms with Gasteiger partial charge in [0.15, 0.2) is 0 Å². The van der Waals surface area contributed by atoms with Crippen LogP contribution in [-0.2, 0) is 10.0 Å². The molecule has 0 radical (unpaired) electrons. The van der Waals surface area contributed by atoms with Crippen LogP contribution in [0.2, 0.25) is 0 Å². The number of rotatable bonds is 6. The molecule has 2 aromatic carbocycles. The van der Waals surface area contributed by atoms with Crippen molar-refractivity contribution in [2.45, 2.75) is 17.9 Å². The molecule has 1 amide bonds. The molecule has 3 aromatic rings. The van der Waals surface area contributed by atoms with E-state index >= 15 is 0 Å². The summed E-state index contributed by atoms with van der Waals surface area (Å²) in [5.74, 6) is -0.193. The molecule has 0 saturated carbocycles. The number of benzene rings is 2. The molecule has 8 nitrogen and oxygen atoms in total. The van der Waals surface area contributed by atoms with Crippen molar-refractivity contribution in [1.29, 1.82) is 0 Å². The van der Waals surface area contributed by atoms with E-state index in [1.165, 1.54) is 37.6 Å². The molecule has 1 heterocycles. The van der Waals surface area contributed by atoms with Crippen molar-refractivity contribution < 1.29 is 13.2 Å². The smallest absolute Gasteiger partial charge is 0.254 e. The minimum absolute atomic E-state index is 0.117. The van der Waals surface area contributed by atoms with Crippen molar-refractivity contribution in [3.8, 4) is 5.69 Å². The molecule has 0 fully saturated rings. The van der Waals surface area contributed by atoms with Crippen LogP contribution in [0.5, 0.6) is 0 Å². The Balaban J connectivity index is 1.75. The van der Waals surface area contributed by atoms with Crippen LogP contribution < -0.4 is 4.72 Å². The van der Waals surface area contributed by atoms with Crippen molar-refractivity contribution in [1.82, 2.24) is 24.4 Å². The molecule has 146 valence electrons. The standard InChI is InChI=1S/C19H21N5O3S/c1-14(15-4-8-17(9-5-15)24-13-21-12-22-24)23(3)19(25)16-6-10-18(11-7-16)28(26,27)20-2/h4-14,20H,1-3H3. The lowest BCUT2D eigenvalue weighted by atomic mass is 10.1. The maximum absolute atomic E-state index is 12.8. The van der Waals surface area contributed by atoms with Gasteiger partial charge in [-0.15, -0.1) is 0 Å². The average molecular weight is 399 g/mol. The van der Waals surface area contributed by atoms with Gasteiger partial charge < -0.3 is 4.90 Å². The molecule has 0 aliphatic rings. The third kappa shape index (κ3) is 3.95. The van der Waals surface area contributed by atoms with E-state index in [4.69, 9.17) is 0 Å². The molecular weight excluding hydrogens is 378 g/mol. The molecule has 1 aromatic heterocycles. The van der Waals surface area contributed by atoms with E-state index in [1.54, 1.807) is 23.0 Å². The maximum Gasteiger partial charge on any atom is 0.254 e. The Hall–Kier alpha value is -3.04. The van der Waals surface area contributed by atoms with Gasteiger partial charge in [0.1, 0.15) is 12.7 Å². The van der Waals surface area contributed by atoms with E-state index in [-0.39, 0.29) is 16.8 Å². The normalized spacial score (nSPS) is 12.5. The molecule has 1 atom stereocenters. The van der Waals surface area contributed by atoms with Gasteiger partial charge in [-0.25, -0.2) is 22.8 Å². The Morgan fingerprint density at radius 1 is 1.11 bits per heavy atom. The number of nitrogens with one attached hydrogen (secondary N) is 1. The Bertz CT molecular complexity index is 1050. The number of aromatic nitrogens is 3. The highest BCUT2D eigenvalue weighted by Gasteiger charge is 2.20. The zero-order chi connectivity index (χ0) is 20.3. The van der Waals surface area contributed by atoms with E-state index in [0.717, 1.165) is 11.3 Å². The third-order valence-electron chi connectivity index (χ3n) is 4.64. The van der Waals surface area contributed by atoms with Gasteiger partial charge in [0.05, 0.1) is 16.6 Å². The summed E-state index contributed by atoms with van der Waals surface area (Å²) < 4.78 is 27.5. The lowest BCUT2D eigenvalue weighted by Crippen LogP contribution is -2.29. The predicted octanol–water partition coefficient (Wildman–Crippen LogP) is 2.01. The molecule has 1 unspecified atom stereocenters. The lowest BCUT2D eigenvalue weighted by Gasteiger charge is -2.25. The molecule has 0 aliphatic heterocycles. The zero-order valence-corrected chi connectivity index (χ0v) is 16.6. The molecule has 0 aliphatic carbocycles. The molecule has 28 heavy (non-hydrogen) atoms. The van der Waals surface area contributed by atoms with Gasteiger partial charge >= 0.3 is 0 Å². The van der Waals surface area contributed by atoms with Crippen molar-refractivity contribution in [2.75, 3.05) is 14.1 Å². The minimum Gasteiger partial charge on any atom is -0.335 e. The molecule has 1 N–H and O–H groups in total. The largest absolute Gasteiger partial charge is 0.335 e. The molecule has 0 saturated heterocycles. The van der Waals surface area contributed by atoms with Gasteiger partial charge in [0, 0.05) is 12.6 Å². The Morgan fingerprint density at radius 3 is 2.29 bits per heavy atom. The number of carbonyl (C=O) groups is 1. The molecular formula is C19H21N5O3S. The van der Waals surface area contributed by atoms with Crippen molar-refractivity contribution in [3.63, 3.8) is 0 Å². The fourth-order valence-electron chi connectivity index (χ4n) is 2.74. The van der Waals surface area contributed by atoms with E-state index in [2.05, 4.69) is 14.8 Å². The first-order valence-corrected chi connectivity index (χ1v) is 10.1. The number of nitrogens with zero attached hydrogens (tertiary/aromatic N) is 4. The Labute approximate surface area is 163 Å². The van der Waals surface area contributed by atoms with Crippen molar-refractivity contribution >= 4 is 15.9 Å². The first-order chi connectivity index (χ1) is 13.3. The third-order valence-corrected chi connectivity index (χ3v) is 6.07. The molecule has 0 spiro atoms. The number of sulfonamides is 1. The summed E-state index contributed by atoms with van der Waals surface area (Å²) in [5.41, 5.74) is 2.27. The second-order valence-electron chi connectivity index (χ2n) is 6.26. The monoisotopic (exact) mass is 399 g/mol. The summed E-state index contributed by atoms with van der Waals surface area (Å²) in [6.07, 6.45) is 3.09. The molecule has 9 heteroatoms. The predicted molar refractivity (Wildman–Crippen MR) is 105 cm³/mol. The Kier molecular flexibility index (Phi) is 5.57. The fraction of sp³-hybridized carbons (Fsp3) is 0.211. The minimum atomic E-state index is -3.53. The number of carbonyl (C=O) groups excluding carboxylic acids is 1. The van der Waals surface area contributed by atoms with Gasteiger partial charge in [-0.3, -0.25) is 4.79 Å². The summed E-state index contributed by atoms with van der Waals surface area (Å²) >= 11 is 0. The topological polar surface area (TPSA) is 97.2 Å². The van der Waals surface area contributed by atoms with Gasteiger partial charge in [0.25, 0.3) is 5.91 Å². The quantitative estimate of drug-likeness (QED) is 0.684. The summed E-state index contributed by atoms with van der Waals surface area (Å²) in [4.78, 5) is 18.4. The van der Waals surface area contributed by atoms with Gasteiger partial charge in [-0.05, 0) is 55.9 Å². The van der Waals surface area contributed by atoms with Crippen LogP contribution in [0.4, 0.5) is 0 Å². The van der Waals surface area contributed by atoms with Gasteiger partial charge in [0.2, 0.25) is 10.0 Å². The van der Waals surface area contributed by atoms with Crippen LogP contribution in [0.1, 0.15) is 28.9 Å².